The number of carbonyl (C=O) groups excluding carboxylic acids is 3. The summed E-state index contributed by atoms with van der Waals surface area (Å²) in [5, 5.41) is 6.26. The number of hydrogen-bond acceptors (Lipinski definition) is 7. The number of anilines is 1. The average Bonchev–Trinajstić information content (AvgIpc) is 3.23. The molecule has 10 heteroatoms. The van der Waals surface area contributed by atoms with Crippen LogP contribution >= 0.6 is 11.8 Å². The molecule has 1 unspecified atom stereocenters. The van der Waals surface area contributed by atoms with E-state index in [9.17, 15) is 14.4 Å². The van der Waals surface area contributed by atoms with E-state index in [4.69, 9.17) is 9.73 Å². The Morgan fingerprint density at radius 3 is 2.61 bits per heavy atom. The Morgan fingerprint density at radius 1 is 1.08 bits per heavy atom. The molecule has 0 saturated heterocycles. The van der Waals surface area contributed by atoms with Gasteiger partial charge in [0.05, 0.1) is 18.6 Å². The van der Waals surface area contributed by atoms with Crippen LogP contribution in [0.25, 0.3) is 0 Å². The van der Waals surface area contributed by atoms with E-state index in [-0.39, 0.29) is 29.9 Å². The molecular formula is C26H29N5O4S. The van der Waals surface area contributed by atoms with Crippen LogP contribution in [0.1, 0.15) is 38.2 Å². The van der Waals surface area contributed by atoms with Crippen LogP contribution in [0.5, 0.6) is 5.75 Å². The van der Waals surface area contributed by atoms with Gasteiger partial charge in [-0.25, -0.2) is 4.99 Å². The second kappa shape index (κ2) is 11.9. The predicted molar refractivity (Wildman–Crippen MR) is 142 cm³/mol. The fraction of sp³-hybridized carbons (Fsp3) is 0.346. The third-order valence-corrected chi connectivity index (χ3v) is 6.76. The van der Waals surface area contributed by atoms with Gasteiger partial charge in [-0.3, -0.25) is 19.3 Å². The van der Waals surface area contributed by atoms with Crippen LogP contribution in [0, 0.1) is 0 Å². The van der Waals surface area contributed by atoms with Crippen molar-refractivity contribution in [3.05, 3.63) is 54.1 Å². The van der Waals surface area contributed by atoms with Gasteiger partial charge in [0.25, 0.3) is 5.91 Å². The summed E-state index contributed by atoms with van der Waals surface area (Å²) in [7, 11) is 1.58. The summed E-state index contributed by atoms with van der Waals surface area (Å²) in [6, 6.07) is 13.9. The quantitative estimate of drug-likeness (QED) is 0.474. The molecule has 2 aliphatic heterocycles. The molecule has 0 spiro atoms. The monoisotopic (exact) mass is 507 g/mol. The van der Waals surface area contributed by atoms with Gasteiger partial charge >= 0.3 is 0 Å². The summed E-state index contributed by atoms with van der Waals surface area (Å²) in [6.07, 6.45) is 2.42. The molecule has 0 radical (unpaired) electrons. The maximum Gasteiger partial charge on any atom is 0.270 e. The number of amidine groups is 2. The summed E-state index contributed by atoms with van der Waals surface area (Å²) in [5.41, 5.74) is 2.10. The number of unbranched alkanes of at least 4 members (excludes halogenated alkanes) is 1. The normalized spacial score (nSPS) is 16.0. The number of aliphatic imine (C=N–C) groups is 2. The lowest BCUT2D eigenvalue weighted by Crippen LogP contribution is -2.44. The number of fused-ring (bicyclic) bond motifs is 3. The SMILES string of the molecule is CCCCNC(=O)CCC1C(=O)N=C2c3ccccc3N=C(SCC(=O)Nc3ccc(OC)cc3)N21. The number of nitrogens with one attached hydrogen (secondary N) is 2. The molecule has 1 atom stereocenters. The van der Waals surface area contributed by atoms with Gasteiger partial charge in [0, 0.05) is 24.2 Å². The van der Waals surface area contributed by atoms with Crippen LogP contribution in [0.4, 0.5) is 11.4 Å². The lowest BCUT2D eigenvalue weighted by atomic mass is 10.1. The summed E-state index contributed by atoms with van der Waals surface area (Å²) in [4.78, 5) is 48.6. The molecule has 36 heavy (non-hydrogen) atoms. The smallest absolute Gasteiger partial charge is 0.270 e. The van der Waals surface area contributed by atoms with Gasteiger partial charge in [0.1, 0.15) is 17.6 Å². The van der Waals surface area contributed by atoms with Crippen LogP contribution in [-0.4, -0.2) is 59.1 Å². The molecule has 2 aromatic rings. The van der Waals surface area contributed by atoms with Crippen molar-refractivity contribution in [2.24, 2.45) is 9.98 Å². The highest BCUT2D eigenvalue weighted by molar-refractivity contribution is 8.14. The lowest BCUT2D eigenvalue weighted by Gasteiger charge is -2.31. The third kappa shape index (κ3) is 5.93. The summed E-state index contributed by atoms with van der Waals surface area (Å²) >= 11 is 1.23. The Kier molecular flexibility index (Phi) is 8.37. The first-order valence-corrected chi connectivity index (χ1v) is 12.9. The van der Waals surface area contributed by atoms with Gasteiger partial charge in [-0.2, -0.15) is 4.99 Å². The van der Waals surface area contributed by atoms with Gasteiger partial charge in [-0.15, -0.1) is 0 Å². The Balaban J connectivity index is 1.46. The van der Waals surface area contributed by atoms with Crippen molar-refractivity contribution in [1.82, 2.24) is 10.2 Å². The highest BCUT2D eigenvalue weighted by Crippen LogP contribution is 2.35. The fourth-order valence-electron chi connectivity index (χ4n) is 3.94. The van der Waals surface area contributed by atoms with Gasteiger partial charge in [0.15, 0.2) is 5.17 Å². The molecule has 2 heterocycles. The number of ether oxygens (including phenoxy) is 1. The molecule has 188 valence electrons. The van der Waals surface area contributed by atoms with Crippen molar-refractivity contribution in [2.75, 3.05) is 24.7 Å². The number of benzene rings is 2. The maximum absolute atomic E-state index is 12.9. The van der Waals surface area contributed by atoms with Crippen molar-refractivity contribution in [3.8, 4) is 5.75 Å². The molecule has 3 amide bonds. The number of amides is 3. The highest BCUT2D eigenvalue weighted by Gasteiger charge is 2.41. The Morgan fingerprint density at radius 2 is 1.86 bits per heavy atom. The molecule has 0 fully saturated rings. The number of methoxy groups -OCH3 is 1. The molecule has 2 aliphatic rings. The molecule has 2 N–H and O–H groups in total. The van der Waals surface area contributed by atoms with Crippen molar-refractivity contribution >= 4 is 51.9 Å². The first kappa shape index (κ1) is 25.4. The van der Waals surface area contributed by atoms with Crippen LogP contribution in [0.15, 0.2) is 58.5 Å². The van der Waals surface area contributed by atoms with Crippen molar-refractivity contribution in [3.63, 3.8) is 0 Å². The zero-order valence-corrected chi connectivity index (χ0v) is 21.1. The Hall–Kier alpha value is -3.66. The zero-order valence-electron chi connectivity index (χ0n) is 20.3. The molecule has 0 bridgehead atoms. The molecule has 2 aromatic carbocycles. The van der Waals surface area contributed by atoms with E-state index in [1.807, 2.05) is 24.3 Å². The number of thioether (sulfide) groups is 1. The van der Waals surface area contributed by atoms with E-state index in [1.165, 1.54) is 11.8 Å². The van der Waals surface area contributed by atoms with Crippen LogP contribution in [0.2, 0.25) is 0 Å². The predicted octanol–water partition coefficient (Wildman–Crippen LogP) is 3.72. The minimum Gasteiger partial charge on any atom is -0.497 e. The van der Waals surface area contributed by atoms with Crippen LogP contribution < -0.4 is 15.4 Å². The van der Waals surface area contributed by atoms with Crippen LogP contribution in [0.3, 0.4) is 0 Å². The van der Waals surface area contributed by atoms with E-state index in [2.05, 4.69) is 22.5 Å². The summed E-state index contributed by atoms with van der Waals surface area (Å²) < 4.78 is 5.15. The molecule has 0 aromatic heterocycles. The fourth-order valence-corrected chi connectivity index (χ4v) is 4.79. The van der Waals surface area contributed by atoms with Crippen molar-refractivity contribution in [2.45, 2.75) is 38.6 Å². The molecule has 0 saturated carbocycles. The number of nitrogens with zero attached hydrogens (tertiary/aromatic N) is 3. The standard InChI is InChI=1S/C26H29N5O4S/c1-3-4-15-27-22(32)14-13-21-25(34)30-24-19-7-5-6-8-20(19)29-26(31(21)24)36-16-23(33)28-17-9-11-18(35-2)12-10-17/h5-12,21H,3-4,13-16H2,1-2H3,(H,27,32)(H,28,33). The van der Waals surface area contributed by atoms with Gasteiger partial charge in [-0.05, 0) is 49.2 Å². The largest absolute Gasteiger partial charge is 0.497 e. The molecular weight excluding hydrogens is 478 g/mol. The molecule has 0 aliphatic carbocycles. The topological polar surface area (TPSA) is 112 Å². The van der Waals surface area contributed by atoms with E-state index >= 15 is 0 Å². The number of hydrogen-bond donors (Lipinski definition) is 2. The van der Waals surface area contributed by atoms with E-state index in [0.717, 1.165) is 18.4 Å². The number of para-hydroxylation sites is 1. The van der Waals surface area contributed by atoms with E-state index in [0.29, 0.717) is 41.1 Å². The second-order valence-electron chi connectivity index (χ2n) is 8.38. The van der Waals surface area contributed by atoms with E-state index < -0.39 is 6.04 Å². The van der Waals surface area contributed by atoms with Crippen molar-refractivity contribution in [1.29, 1.82) is 0 Å². The highest BCUT2D eigenvalue weighted by atomic mass is 32.2. The van der Waals surface area contributed by atoms with Crippen LogP contribution in [-0.2, 0) is 14.4 Å². The Bertz CT molecular complexity index is 1200. The average molecular weight is 508 g/mol. The number of carbonyl (C=O) groups is 3. The zero-order chi connectivity index (χ0) is 25.5. The van der Waals surface area contributed by atoms with Gasteiger partial charge in [-0.1, -0.05) is 37.2 Å². The summed E-state index contributed by atoms with van der Waals surface area (Å²) in [5.74, 6) is 0.705. The minimum atomic E-state index is -0.638. The number of rotatable bonds is 10. The molecule has 4 rings (SSSR count). The maximum atomic E-state index is 12.9. The minimum absolute atomic E-state index is 0.0906. The van der Waals surface area contributed by atoms with Gasteiger partial charge < -0.3 is 15.4 Å². The lowest BCUT2D eigenvalue weighted by molar-refractivity contribution is -0.122. The van der Waals surface area contributed by atoms with Gasteiger partial charge in [0.2, 0.25) is 11.8 Å². The molecule has 9 nitrogen and oxygen atoms in total. The Labute approximate surface area is 214 Å². The third-order valence-electron chi connectivity index (χ3n) is 5.81. The van der Waals surface area contributed by atoms with E-state index in [1.54, 1.807) is 36.3 Å². The first-order chi connectivity index (χ1) is 17.5. The van der Waals surface area contributed by atoms with Crippen molar-refractivity contribution < 1.29 is 19.1 Å². The summed E-state index contributed by atoms with van der Waals surface area (Å²) in [6.45, 7) is 2.69. The second-order valence-corrected chi connectivity index (χ2v) is 9.32. The first-order valence-electron chi connectivity index (χ1n) is 11.9.